The summed E-state index contributed by atoms with van der Waals surface area (Å²) >= 11 is 0. The van der Waals surface area contributed by atoms with Gasteiger partial charge in [-0.3, -0.25) is 9.59 Å². The molecule has 6 heteroatoms. The van der Waals surface area contributed by atoms with E-state index in [-0.39, 0.29) is 24.9 Å². The van der Waals surface area contributed by atoms with Crippen molar-refractivity contribution in [2.45, 2.75) is 296 Å². The van der Waals surface area contributed by atoms with Gasteiger partial charge in [0.2, 0.25) is 5.91 Å². The van der Waals surface area contributed by atoms with Crippen LogP contribution in [0.25, 0.3) is 0 Å². The van der Waals surface area contributed by atoms with Crippen molar-refractivity contribution in [1.82, 2.24) is 5.32 Å². The number of carbonyl (C=O) groups is 2. The molecule has 0 radical (unpaired) electrons. The third-order valence-corrected chi connectivity index (χ3v) is 12.8. The normalized spacial score (nSPS) is 13.7. The van der Waals surface area contributed by atoms with Gasteiger partial charge in [-0.1, -0.05) is 280 Å². The number of aliphatic hydroxyl groups is 2. The van der Waals surface area contributed by atoms with E-state index in [1.165, 1.54) is 161 Å². The Morgan fingerprint density at radius 3 is 1.13 bits per heavy atom. The Morgan fingerprint density at radius 1 is 0.448 bits per heavy atom. The van der Waals surface area contributed by atoms with Crippen LogP contribution in [0.4, 0.5) is 0 Å². The summed E-state index contributed by atoms with van der Waals surface area (Å²) in [5.41, 5.74) is 0. The maximum Gasteiger partial charge on any atom is 0.306 e. The van der Waals surface area contributed by atoms with Crippen LogP contribution in [0.5, 0.6) is 0 Å². The van der Waals surface area contributed by atoms with Crippen molar-refractivity contribution in [3.05, 3.63) is 72.9 Å². The summed E-state index contributed by atoms with van der Waals surface area (Å²) in [6.45, 7) is 6.36. The smallest absolute Gasteiger partial charge is 0.306 e. The van der Waals surface area contributed by atoms with E-state index in [2.05, 4.69) is 86.8 Å². The fourth-order valence-electron chi connectivity index (χ4n) is 8.49. The van der Waals surface area contributed by atoms with Crippen molar-refractivity contribution in [2.75, 3.05) is 6.61 Å². The molecular formula is C61H109NO5. The molecule has 67 heavy (non-hydrogen) atoms. The summed E-state index contributed by atoms with van der Waals surface area (Å²) in [6, 6.07) is -0.745. The van der Waals surface area contributed by atoms with Crippen molar-refractivity contribution in [1.29, 1.82) is 0 Å². The molecule has 0 aliphatic heterocycles. The van der Waals surface area contributed by atoms with Crippen LogP contribution in [0.2, 0.25) is 0 Å². The van der Waals surface area contributed by atoms with Crippen LogP contribution in [-0.2, 0) is 14.3 Å². The maximum atomic E-state index is 13.2. The second-order valence-corrected chi connectivity index (χ2v) is 19.3. The van der Waals surface area contributed by atoms with E-state index in [1.54, 1.807) is 0 Å². The van der Waals surface area contributed by atoms with Gasteiger partial charge in [-0.2, -0.15) is 0 Å². The zero-order chi connectivity index (χ0) is 48.8. The SMILES string of the molecule is CC/C=C\C/C=C\C/C=C\C/C=C\C/C=C\C/C=C\C(CC(=O)NC(CO)C(O)CCCCCCCCCCCCCCCCC)OC(=O)CCCCCCCCCCCCCCCCCC. The van der Waals surface area contributed by atoms with E-state index in [0.29, 0.717) is 19.3 Å². The first-order valence-corrected chi connectivity index (χ1v) is 28.7. The number of amides is 1. The number of carbonyl (C=O) groups excluding carboxylic acids is 2. The van der Waals surface area contributed by atoms with Crippen LogP contribution in [-0.4, -0.2) is 46.9 Å². The molecule has 3 N–H and O–H groups in total. The number of ether oxygens (including phenoxy) is 1. The van der Waals surface area contributed by atoms with Crippen molar-refractivity contribution in [3.8, 4) is 0 Å². The van der Waals surface area contributed by atoms with E-state index in [1.807, 2.05) is 12.2 Å². The van der Waals surface area contributed by atoms with Crippen LogP contribution in [0.15, 0.2) is 72.9 Å². The monoisotopic (exact) mass is 936 g/mol. The second kappa shape index (κ2) is 54.2. The zero-order valence-electron chi connectivity index (χ0n) is 44.3. The van der Waals surface area contributed by atoms with Gasteiger partial charge in [0.25, 0.3) is 0 Å². The number of hydrogen-bond donors (Lipinski definition) is 3. The fourth-order valence-corrected chi connectivity index (χ4v) is 8.49. The molecule has 0 aromatic carbocycles. The lowest BCUT2D eigenvalue weighted by molar-refractivity contribution is -0.148. The Morgan fingerprint density at radius 2 is 0.776 bits per heavy atom. The first kappa shape index (κ1) is 64.3. The molecule has 6 nitrogen and oxygen atoms in total. The predicted octanol–water partition coefficient (Wildman–Crippen LogP) is 17.7. The number of allylic oxidation sites excluding steroid dienone is 11. The summed E-state index contributed by atoms with van der Waals surface area (Å²) in [7, 11) is 0. The van der Waals surface area contributed by atoms with Crippen LogP contribution < -0.4 is 5.32 Å². The van der Waals surface area contributed by atoms with Gasteiger partial charge in [0.1, 0.15) is 6.10 Å². The largest absolute Gasteiger partial charge is 0.458 e. The van der Waals surface area contributed by atoms with Crippen LogP contribution in [0.3, 0.4) is 0 Å². The number of hydrogen-bond acceptors (Lipinski definition) is 5. The Balaban J connectivity index is 4.71. The van der Waals surface area contributed by atoms with E-state index in [4.69, 9.17) is 4.74 Å². The van der Waals surface area contributed by atoms with Crippen LogP contribution in [0, 0.1) is 0 Å². The minimum atomic E-state index is -0.822. The first-order chi connectivity index (χ1) is 33.0. The van der Waals surface area contributed by atoms with Gasteiger partial charge in [-0.25, -0.2) is 0 Å². The van der Waals surface area contributed by atoms with Gasteiger partial charge < -0.3 is 20.3 Å². The molecule has 0 saturated heterocycles. The number of nitrogens with one attached hydrogen (secondary N) is 1. The molecule has 0 rings (SSSR count). The minimum Gasteiger partial charge on any atom is -0.458 e. The number of aliphatic hydroxyl groups excluding tert-OH is 2. The first-order valence-electron chi connectivity index (χ1n) is 28.7. The van der Waals surface area contributed by atoms with Gasteiger partial charge in [-0.05, 0) is 57.4 Å². The van der Waals surface area contributed by atoms with Crippen molar-refractivity contribution in [2.24, 2.45) is 0 Å². The molecule has 3 atom stereocenters. The summed E-state index contributed by atoms with van der Waals surface area (Å²) < 4.78 is 5.85. The fraction of sp³-hybridized carbons (Fsp3) is 0.770. The van der Waals surface area contributed by atoms with E-state index < -0.39 is 18.2 Å². The highest BCUT2D eigenvalue weighted by Gasteiger charge is 2.23. The van der Waals surface area contributed by atoms with E-state index >= 15 is 0 Å². The van der Waals surface area contributed by atoms with Crippen LogP contribution in [0.1, 0.15) is 278 Å². The molecule has 3 unspecified atom stereocenters. The van der Waals surface area contributed by atoms with E-state index in [0.717, 1.165) is 70.6 Å². The molecule has 0 heterocycles. The molecule has 0 saturated carbocycles. The third-order valence-electron chi connectivity index (χ3n) is 12.8. The van der Waals surface area contributed by atoms with Crippen molar-refractivity contribution in [3.63, 3.8) is 0 Å². The van der Waals surface area contributed by atoms with Crippen molar-refractivity contribution >= 4 is 11.9 Å². The molecule has 388 valence electrons. The lowest BCUT2D eigenvalue weighted by atomic mass is 10.0. The summed E-state index contributed by atoms with van der Waals surface area (Å²) in [5.74, 6) is -0.621. The molecule has 0 aliphatic rings. The zero-order valence-corrected chi connectivity index (χ0v) is 44.3. The highest BCUT2D eigenvalue weighted by Crippen LogP contribution is 2.17. The van der Waals surface area contributed by atoms with Gasteiger partial charge >= 0.3 is 5.97 Å². The Labute approximate surface area is 415 Å². The lowest BCUT2D eigenvalue weighted by Gasteiger charge is -2.23. The average Bonchev–Trinajstić information content (AvgIpc) is 3.32. The van der Waals surface area contributed by atoms with Gasteiger partial charge in [0, 0.05) is 6.42 Å². The number of esters is 1. The van der Waals surface area contributed by atoms with Crippen LogP contribution >= 0.6 is 0 Å². The van der Waals surface area contributed by atoms with E-state index in [9.17, 15) is 19.8 Å². The molecule has 0 fully saturated rings. The van der Waals surface area contributed by atoms with Gasteiger partial charge in [-0.15, -0.1) is 0 Å². The molecular weight excluding hydrogens is 827 g/mol. The van der Waals surface area contributed by atoms with Gasteiger partial charge in [0.15, 0.2) is 0 Å². The standard InChI is InChI=1S/C61H109NO5/c1-4-7-10-13-16-19-22-25-28-30-32-34-37-40-43-46-49-52-57(67-61(66)54-51-48-45-42-39-36-33-29-26-23-20-17-14-11-8-5-2)55-60(65)62-58(56-63)59(64)53-50-47-44-41-38-35-31-27-24-21-18-15-12-9-6-3/h7,10,16,19,25,28,32,34,40,43,49,52,57-59,63-64H,4-6,8-9,11-15,17-18,20-24,26-27,29-31,33,35-39,41-42,44-48,50-51,53-56H2,1-3H3,(H,62,65)/b10-7-,19-16-,28-25-,34-32-,43-40-,52-49-. The quantitative estimate of drug-likeness (QED) is 0.0321. The Hall–Kier alpha value is -2.70. The summed E-state index contributed by atoms with van der Waals surface area (Å²) in [6.07, 6.45) is 70.0. The molecule has 0 aliphatic carbocycles. The third kappa shape index (κ3) is 49.5. The minimum absolute atomic E-state index is 0.0466. The highest BCUT2D eigenvalue weighted by atomic mass is 16.5. The highest BCUT2D eigenvalue weighted by molar-refractivity contribution is 5.78. The summed E-state index contributed by atoms with van der Waals surface area (Å²) in [5, 5.41) is 23.8. The molecule has 0 aromatic rings. The molecule has 0 bridgehead atoms. The second-order valence-electron chi connectivity index (χ2n) is 19.3. The molecule has 1 amide bonds. The summed E-state index contributed by atoms with van der Waals surface area (Å²) in [4.78, 5) is 26.2. The number of rotatable bonds is 51. The lowest BCUT2D eigenvalue weighted by Crippen LogP contribution is -2.46. The average molecular weight is 937 g/mol. The maximum absolute atomic E-state index is 13.2. The van der Waals surface area contributed by atoms with Gasteiger partial charge in [0.05, 0.1) is 25.2 Å². The van der Waals surface area contributed by atoms with Crippen molar-refractivity contribution < 1.29 is 24.5 Å². The number of unbranched alkanes of at least 4 members (excludes halogenated alkanes) is 29. The Bertz CT molecular complexity index is 1230. The topological polar surface area (TPSA) is 95.9 Å². The molecule has 0 aromatic heterocycles. The predicted molar refractivity (Wildman–Crippen MR) is 291 cm³/mol. The molecule has 0 spiro atoms. The Kier molecular flexibility index (Phi) is 52.1.